The molecule has 3 N–H and O–H groups in total. The Morgan fingerprint density at radius 3 is 0.866 bits per heavy atom. The summed E-state index contributed by atoms with van der Waals surface area (Å²) in [6.45, 7) is 13.9. The van der Waals surface area contributed by atoms with Crippen LogP contribution in [0, 0.1) is 23.7 Å². The minimum Gasteiger partial charge on any atom is -0.462 e. The highest BCUT2D eigenvalue weighted by atomic mass is 31.2. The Labute approximate surface area is 498 Å². The molecule has 17 nitrogen and oxygen atoms in total. The summed E-state index contributed by atoms with van der Waals surface area (Å²) in [7, 11) is -9.89. The highest BCUT2D eigenvalue weighted by molar-refractivity contribution is 7.47. The van der Waals surface area contributed by atoms with Crippen molar-refractivity contribution < 1.29 is 80.2 Å². The molecule has 0 amide bonds. The quantitative estimate of drug-likeness (QED) is 0.0222. The fraction of sp³-hybridized carbons (Fsp3) is 0.937. The summed E-state index contributed by atoms with van der Waals surface area (Å²) in [5.74, 6) is 0.725. The molecule has 486 valence electrons. The van der Waals surface area contributed by atoms with Crippen molar-refractivity contribution >= 4 is 39.5 Å². The lowest BCUT2D eigenvalue weighted by molar-refractivity contribution is -0.161. The monoisotopic (exact) mass is 1210 g/mol. The molecule has 0 aromatic heterocycles. The van der Waals surface area contributed by atoms with Gasteiger partial charge in [0.05, 0.1) is 26.4 Å². The standard InChI is InChI=1S/C63H122O17P2/c1-9-56(8)42-34-26-21-22-30-38-46-63(68)80-59(50-73-60(65)43-35-27-18-12-10-15-23-31-39-53(2)3)52-78-82(71,72)76-48-57(64)47-75-81(69,70)77-51-58(49-74-61(66)44-36-28-20-14-17-25-33-41-55(6)7)79-62(67)45-37-29-19-13-11-16-24-32-40-54(4)5/h53-59,64H,9-52H2,1-8H3,(H,69,70)(H,71,72)/t56?,57?,58-,59-/m1/s1. The molecule has 0 fully saturated rings. The number of carbonyl (C=O) groups excluding carboxylic acids is 4. The van der Waals surface area contributed by atoms with Gasteiger partial charge in [-0.2, -0.15) is 0 Å². The zero-order valence-corrected chi connectivity index (χ0v) is 54.9. The number of aliphatic hydroxyl groups excluding tert-OH is 1. The smallest absolute Gasteiger partial charge is 0.462 e. The highest BCUT2D eigenvalue weighted by Gasteiger charge is 2.30. The summed E-state index contributed by atoms with van der Waals surface area (Å²) in [5, 5.41) is 10.5. The van der Waals surface area contributed by atoms with E-state index in [9.17, 15) is 43.2 Å². The van der Waals surface area contributed by atoms with Gasteiger partial charge in [-0.05, 0) is 49.4 Å². The van der Waals surface area contributed by atoms with Crippen LogP contribution in [0.15, 0.2) is 0 Å². The fourth-order valence-corrected chi connectivity index (χ4v) is 10.8. The van der Waals surface area contributed by atoms with Gasteiger partial charge in [0.15, 0.2) is 12.2 Å². The summed E-state index contributed by atoms with van der Waals surface area (Å²) in [6.07, 6.45) is 32.3. The van der Waals surface area contributed by atoms with Crippen molar-refractivity contribution in [3.05, 3.63) is 0 Å². The first-order valence-corrected chi connectivity index (χ1v) is 35.7. The lowest BCUT2D eigenvalue weighted by atomic mass is 10.00. The van der Waals surface area contributed by atoms with E-state index in [0.29, 0.717) is 31.6 Å². The van der Waals surface area contributed by atoms with Crippen LogP contribution in [0.2, 0.25) is 0 Å². The van der Waals surface area contributed by atoms with E-state index in [0.717, 1.165) is 114 Å². The molecule has 0 aromatic rings. The predicted octanol–water partition coefficient (Wildman–Crippen LogP) is 17.0. The van der Waals surface area contributed by atoms with Crippen LogP contribution in [0.1, 0.15) is 299 Å². The normalized spacial score (nSPS) is 14.8. The Hall–Kier alpha value is -1.94. The molecule has 0 spiro atoms. The number of esters is 4. The van der Waals surface area contributed by atoms with Crippen molar-refractivity contribution in [3.8, 4) is 0 Å². The molecule has 0 aliphatic heterocycles. The zero-order valence-electron chi connectivity index (χ0n) is 53.1. The molecule has 0 rings (SSSR count). The third-order valence-electron chi connectivity index (χ3n) is 14.7. The van der Waals surface area contributed by atoms with Crippen LogP contribution in [-0.4, -0.2) is 96.7 Å². The lowest BCUT2D eigenvalue weighted by Gasteiger charge is -2.21. The molecular formula is C63H122O17P2. The molecule has 0 aliphatic carbocycles. The van der Waals surface area contributed by atoms with E-state index in [2.05, 4.69) is 55.4 Å². The SMILES string of the molecule is CCC(C)CCCCCCCCC(=O)O[C@H](COC(=O)CCCCCCCCCCC(C)C)COP(=O)(O)OCC(O)COP(=O)(O)OC[C@@H](COC(=O)CCCCCCCCCC(C)C)OC(=O)CCCCCCCCCCC(C)C. The van der Waals surface area contributed by atoms with Crippen molar-refractivity contribution in [2.45, 2.75) is 318 Å². The molecule has 0 radical (unpaired) electrons. The van der Waals surface area contributed by atoms with E-state index in [-0.39, 0.29) is 25.7 Å². The van der Waals surface area contributed by atoms with E-state index in [4.69, 9.17) is 37.0 Å². The van der Waals surface area contributed by atoms with Gasteiger partial charge in [-0.1, -0.05) is 248 Å². The molecule has 0 aliphatic rings. The number of unbranched alkanes of at least 4 members (excludes halogenated alkanes) is 25. The lowest BCUT2D eigenvalue weighted by Crippen LogP contribution is -2.30. The van der Waals surface area contributed by atoms with Crippen LogP contribution in [0.3, 0.4) is 0 Å². The van der Waals surface area contributed by atoms with Gasteiger partial charge < -0.3 is 33.8 Å². The molecular weight excluding hydrogens is 1090 g/mol. The third kappa shape index (κ3) is 55.9. The van der Waals surface area contributed by atoms with E-state index in [1.165, 1.54) is 96.3 Å². The second-order valence-electron chi connectivity index (χ2n) is 24.5. The number of hydrogen-bond acceptors (Lipinski definition) is 15. The second-order valence-corrected chi connectivity index (χ2v) is 27.4. The first kappa shape index (κ1) is 80.1. The highest BCUT2D eigenvalue weighted by Crippen LogP contribution is 2.45. The van der Waals surface area contributed by atoms with Crippen LogP contribution >= 0.6 is 15.6 Å². The Morgan fingerprint density at radius 1 is 0.341 bits per heavy atom. The molecule has 6 atom stereocenters. The molecule has 0 aromatic carbocycles. The maximum Gasteiger partial charge on any atom is 0.472 e. The molecule has 0 saturated heterocycles. The van der Waals surface area contributed by atoms with Crippen LogP contribution in [0.4, 0.5) is 0 Å². The summed E-state index contributed by atoms with van der Waals surface area (Å²) in [6, 6.07) is 0. The Morgan fingerprint density at radius 2 is 0.585 bits per heavy atom. The number of ether oxygens (including phenoxy) is 4. The van der Waals surface area contributed by atoms with E-state index < -0.39 is 97.5 Å². The Bertz CT molecular complexity index is 1650. The van der Waals surface area contributed by atoms with Gasteiger partial charge in [-0.3, -0.25) is 37.3 Å². The average Bonchev–Trinajstić information content (AvgIpc) is 3.45. The first-order chi connectivity index (χ1) is 39.1. The topological polar surface area (TPSA) is 237 Å². The van der Waals surface area contributed by atoms with Crippen molar-refractivity contribution in [2.75, 3.05) is 39.6 Å². The summed E-state index contributed by atoms with van der Waals surface area (Å²) in [4.78, 5) is 72.1. The first-order valence-electron chi connectivity index (χ1n) is 32.7. The van der Waals surface area contributed by atoms with E-state index >= 15 is 0 Å². The molecule has 4 unspecified atom stereocenters. The summed E-state index contributed by atoms with van der Waals surface area (Å²) < 4.78 is 67.9. The maximum atomic E-state index is 13.0. The van der Waals surface area contributed by atoms with Gasteiger partial charge >= 0.3 is 39.5 Å². The Balaban J connectivity index is 5.26. The van der Waals surface area contributed by atoms with Gasteiger partial charge in [0.1, 0.15) is 19.3 Å². The predicted molar refractivity (Wildman–Crippen MR) is 326 cm³/mol. The number of hydrogen-bond donors (Lipinski definition) is 3. The minimum atomic E-state index is -4.94. The number of aliphatic hydroxyl groups is 1. The van der Waals surface area contributed by atoms with Gasteiger partial charge in [-0.15, -0.1) is 0 Å². The summed E-state index contributed by atoms with van der Waals surface area (Å²) >= 11 is 0. The molecule has 0 bridgehead atoms. The van der Waals surface area contributed by atoms with Crippen LogP contribution in [-0.2, 0) is 65.4 Å². The molecule has 19 heteroatoms. The van der Waals surface area contributed by atoms with Gasteiger partial charge in [0.25, 0.3) is 0 Å². The fourth-order valence-electron chi connectivity index (χ4n) is 9.22. The van der Waals surface area contributed by atoms with E-state index in [1.54, 1.807) is 0 Å². The largest absolute Gasteiger partial charge is 0.472 e. The number of phosphoric acid groups is 2. The Kier molecular flexibility index (Phi) is 52.0. The number of rotatable bonds is 60. The van der Waals surface area contributed by atoms with Crippen molar-refractivity contribution in [1.29, 1.82) is 0 Å². The number of carbonyl (C=O) groups is 4. The van der Waals surface area contributed by atoms with Crippen LogP contribution in [0.25, 0.3) is 0 Å². The number of phosphoric ester groups is 2. The van der Waals surface area contributed by atoms with Gasteiger partial charge in [0.2, 0.25) is 0 Å². The zero-order chi connectivity index (χ0) is 61.1. The molecule has 82 heavy (non-hydrogen) atoms. The molecule has 0 saturated carbocycles. The van der Waals surface area contributed by atoms with Crippen LogP contribution < -0.4 is 0 Å². The van der Waals surface area contributed by atoms with Crippen LogP contribution in [0.5, 0.6) is 0 Å². The second kappa shape index (κ2) is 53.3. The molecule has 0 heterocycles. The van der Waals surface area contributed by atoms with Crippen molar-refractivity contribution in [2.24, 2.45) is 23.7 Å². The third-order valence-corrected chi connectivity index (χ3v) is 16.6. The van der Waals surface area contributed by atoms with Gasteiger partial charge in [-0.25, -0.2) is 9.13 Å². The summed E-state index contributed by atoms with van der Waals surface area (Å²) in [5.41, 5.74) is 0. The van der Waals surface area contributed by atoms with Gasteiger partial charge in [0, 0.05) is 25.7 Å². The average molecular weight is 1210 g/mol. The van der Waals surface area contributed by atoms with E-state index in [1.807, 2.05) is 0 Å². The van der Waals surface area contributed by atoms with Crippen molar-refractivity contribution in [1.82, 2.24) is 0 Å². The van der Waals surface area contributed by atoms with Crippen molar-refractivity contribution in [3.63, 3.8) is 0 Å². The maximum absolute atomic E-state index is 13.0. The minimum absolute atomic E-state index is 0.102.